The first-order valence-electron chi connectivity index (χ1n) is 9.33. The average molecular weight is 467 g/mol. The molecule has 0 saturated carbocycles. The quantitative estimate of drug-likeness (QED) is 0.353. The summed E-state index contributed by atoms with van der Waals surface area (Å²) >= 11 is 12.5. The predicted molar refractivity (Wildman–Crippen MR) is 124 cm³/mol. The first-order valence-corrected chi connectivity index (χ1v) is 10.1. The van der Waals surface area contributed by atoms with E-state index in [0.29, 0.717) is 60.9 Å². The Morgan fingerprint density at radius 3 is 2.44 bits per heavy atom. The lowest BCUT2D eigenvalue weighted by Gasteiger charge is -2.17. The Bertz CT molecular complexity index is 1340. The van der Waals surface area contributed by atoms with E-state index in [9.17, 15) is 5.26 Å². The zero-order valence-corrected chi connectivity index (χ0v) is 18.5. The molecule has 0 spiro atoms. The van der Waals surface area contributed by atoms with Crippen molar-refractivity contribution < 1.29 is 14.2 Å². The van der Waals surface area contributed by atoms with Gasteiger partial charge < -0.3 is 19.5 Å². The summed E-state index contributed by atoms with van der Waals surface area (Å²) in [7, 11) is 3.04. The molecule has 2 aromatic carbocycles. The molecule has 2 aromatic heterocycles. The number of nitriles is 1. The highest BCUT2D eigenvalue weighted by atomic mass is 35.5. The highest BCUT2D eigenvalue weighted by Gasteiger charge is 2.18. The van der Waals surface area contributed by atoms with Crippen LogP contribution in [0.25, 0.3) is 10.9 Å². The maximum absolute atomic E-state index is 9.68. The highest BCUT2D eigenvalue weighted by molar-refractivity contribution is 6.37. The number of aromatic nitrogens is 2. The molecule has 0 amide bonds. The smallest absolute Gasteiger partial charge is 0.187 e. The summed E-state index contributed by atoms with van der Waals surface area (Å²) in [4.78, 5) is 8.42. The van der Waals surface area contributed by atoms with Crippen LogP contribution in [0.4, 0.5) is 11.4 Å². The number of anilines is 2. The summed E-state index contributed by atoms with van der Waals surface area (Å²) in [6.07, 6.45) is 4.73. The Morgan fingerprint density at radius 2 is 1.75 bits per heavy atom. The number of nitrogens with one attached hydrogen (secondary N) is 1. The van der Waals surface area contributed by atoms with Crippen LogP contribution in [0, 0.1) is 11.3 Å². The molecule has 9 heteroatoms. The van der Waals surface area contributed by atoms with E-state index in [1.54, 1.807) is 48.8 Å². The van der Waals surface area contributed by atoms with Crippen LogP contribution in [0.15, 0.2) is 55.0 Å². The van der Waals surface area contributed by atoms with Crippen LogP contribution in [0.1, 0.15) is 5.56 Å². The first-order chi connectivity index (χ1) is 15.5. The zero-order valence-electron chi connectivity index (χ0n) is 17.0. The summed E-state index contributed by atoms with van der Waals surface area (Å²) in [5.41, 5.74) is 1.87. The monoisotopic (exact) mass is 466 g/mol. The average Bonchev–Trinajstić information content (AvgIpc) is 2.81. The van der Waals surface area contributed by atoms with Gasteiger partial charge in [-0.25, -0.2) is 0 Å². The number of rotatable bonds is 6. The van der Waals surface area contributed by atoms with Gasteiger partial charge in [0.15, 0.2) is 11.5 Å². The van der Waals surface area contributed by atoms with Gasteiger partial charge in [-0.1, -0.05) is 23.2 Å². The summed E-state index contributed by atoms with van der Waals surface area (Å²) in [5.74, 6) is 1.94. The van der Waals surface area contributed by atoms with Crippen LogP contribution < -0.4 is 19.5 Å². The van der Waals surface area contributed by atoms with E-state index < -0.39 is 0 Å². The van der Waals surface area contributed by atoms with E-state index in [1.807, 2.05) is 0 Å². The van der Waals surface area contributed by atoms with Gasteiger partial charge in [-0.05, 0) is 30.3 Å². The number of hydrogen-bond donors (Lipinski definition) is 1. The van der Waals surface area contributed by atoms with Crippen molar-refractivity contribution in [2.24, 2.45) is 0 Å². The SMILES string of the molecule is COc1cc(Nc2c(C#N)cnc3c(OC)c(Oc4ccncc4)ccc23)c(Cl)cc1Cl. The Balaban J connectivity index is 1.85. The molecule has 2 heterocycles. The molecule has 4 rings (SSSR count). The zero-order chi connectivity index (χ0) is 22.7. The number of fused-ring (bicyclic) bond motifs is 1. The molecule has 0 unspecified atom stereocenters. The second kappa shape index (κ2) is 9.18. The van der Waals surface area contributed by atoms with E-state index in [1.165, 1.54) is 20.4 Å². The molecule has 1 N–H and O–H groups in total. The lowest BCUT2D eigenvalue weighted by molar-refractivity contribution is 0.382. The summed E-state index contributed by atoms with van der Waals surface area (Å²) in [6.45, 7) is 0. The molecule has 0 atom stereocenters. The van der Waals surface area contributed by atoms with Crippen molar-refractivity contribution in [3.63, 3.8) is 0 Å². The van der Waals surface area contributed by atoms with Crippen LogP contribution in [-0.4, -0.2) is 24.2 Å². The first kappa shape index (κ1) is 21.5. The van der Waals surface area contributed by atoms with Crippen molar-refractivity contribution in [1.82, 2.24) is 9.97 Å². The summed E-state index contributed by atoms with van der Waals surface area (Å²) in [5, 5.41) is 14.3. The maximum atomic E-state index is 9.68. The van der Waals surface area contributed by atoms with Gasteiger partial charge >= 0.3 is 0 Å². The molecule has 0 aliphatic rings. The van der Waals surface area contributed by atoms with Crippen molar-refractivity contribution in [3.8, 4) is 29.1 Å². The lowest BCUT2D eigenvalue weighted by atomic mass is 10.1. The van der Waals surface area contributed by atoms with Crippen molar-refractivity contribution in [3.05, 3.63) is 70.6 Å². The third-order valence-corrected chi connectivity index (χ3v) is 5.27. The Kier molecular flexibility index (Phi) is 6.17. The van der Waals surface area contributed by atoms with E-state index >= 15 is 0 Å². The van der Waals surface area contributed by atoms with Gasteiger partial charge in [-0.2, -0.15) is 5.26 Å². The molecule has 0 saturated heterocycles. The number of hydrogen-bond acceptors (Lipinski definition) is 7. The number of methoxy groups -OCH3 is 2. The van der Waals surface area contributed by atoms with E-state index in [4.69, 9.17) is 37.4 Å². The molecule has 0 radical (unpaired) electrons. The topological polar surface area (TPSA) is 89.3 Å². The van der Waals surface area contributed by atoms with Gasteiger partial charge in [0.05, 0.1) is 41.2 Å². The van der Waals surface area contributed by atoms with Gasteiger partial charge in [0.2, 0.25) is 0 Å². The maximum Gasteiger partial charge on any atom is 0.187 e. The molecule has 0 aliphatic heterocycles. The molecule has 4 aromatic rings. The summed E-state index contributed by atoms with van der Waals surface area (Å²) in [6, 6.07) is 12.4. The molecule has 7 nitrogen and oxygen atoms in total. The van der Waals surface area contributed by atoms with Crippen molar-refractivity contribution >= 4 is 45.5 Å². The molecule has 0 bridgehead atoms. The van der Waals surface area contributed by atoms with E-state index in [2.05, 4.69) is 21.4 Å². The van der Waals surface area contributed by atoms with Crippen molar-refractivity contribution in [2.75, 3.05) is 19.5 Å². The Hall–Kier alpha value is -3.73. The highest BCUT2D eigenvalue weighted by Crippen LogP contribution is 2.42. The van der Waals surface area contributed by atoms with Crippen molar-refractivity contribution in [2.45, 2.75) is 0 Å². The van der Waals surface area contributed by atoms with Gasteiger partial charge in [0.25, 0.3) is 0 Å². The van der Waals surface area contributed by atoms with E-state index in [0.717, 1.165) is 0 Å². The standard InChI is InChI=1S/C23H16Cl2N4O3/c1-30-20-10-18(16(24)9-17(20)25)29-21-13(11-26)12-28-22-15(21)3-4-19(23(22)31-2)32-14-5-7-27-8-6-14/h3-10,12H,1-2H3,(H,28,29). The molecule has 0 fully saturated rings. The molecular weight excluding hydrogens is 451 g/mol. The fraction of sp³-hybridized carbons (Fsp3) is 0.0870. The Labute approximate surface area is 194 Å². The van der Waals surface area contributed by atoms with Gasteiger partial charge in [0, 0.05) is 30.0 Å². The fourth-order valence-electron chi connectivity index (χ4n) is 3.17. The lowest BCUT2D eigenvalue weighted by Crippen LogP contribution is -2.00. The van der Waals surface area contributed by atoms with E-state index in [-0.39, 0.29) is 0 Å². The third kappa shape index (κ3) is 4.06. The largest absolute Gasteiger partial charge is 0.495 e. The van der Waals surface area contributed by atoms with Crippen molar-refractivity contribution in [1.29, 1.82) is 5.26 Å². The number of nitrogens with zero attached hydrogens (tertiary/aromatic N) is 3. The second-order valence-corrected chi connectivity index (χ2v) is 7.34. The summed E-state index contributed by atoms with van der Waals surface area (Å²) < 4.78 is 16.8. The minimum absolute atomic E-state index is 0.326. The van der Waals surface area contributed by atoms with Crippen LogP contribution in [0.5, 0.6) is 23.0 Å². The predicted octanol–water partition coefficient (Wildman–Crippen LogP) is 6.36. The molecule has 160 valence electrons. The number of benzene rings is 2. The van der Waals surface area contributed by atoms with Gasteiger partial charge in [-0.3, -0.25) is 9.97 Å². The van der Waals surface area contributed by atoms with Gasteiger partial charge in [0.1, 0.15) is 23.1 Å². The van der Waals surface area contributed by atoms with Crippen LogP contribution >= 0.6 is 23.2 Å². The minimum Gasteiger partial charge on any atom is -0.495 e. The Morgan fingerprint density at radius 1 is 0.969 bits per heavy atom. The number of halogens is 2. The minimum atomic E-state index is 0.326. The van der Waals surface area contributed by atoms with Crippen LogP contribution in [0.3, 0.4) is 0 Å². The molecule has 32 heavy (non-hydrogen) atoms. The molecular formula is C23H16Cl2N4O3. The van der Waals surface area contributed by atoms with Crippen LogP contribution in [0.2, 0.25) is 10.0 Å². The number of pyridine rings is 2. The third-order valence-electron chi connectivity index (χ3n) is 4.66. The fourth-order valence-corrected chi connectivity index (χ4v) is 3.68. The number of ether oxygens (including phenoxy) is 3. The van der Waals surface area contributed by atoms with Gasteiger partial charge in [-0.15, -0.1) is 0 Å². The second-order valence-electron chi connectivity index (χ2n) is 6.53. The normalized spacial score (nSPS) is 10.5. The molecule has 0 aliphatic carbocycles. The van der Waals surface area contributed by atoms with Crippen LogP contribution in [-0.2, 0) is 0 Å².